The smallest absolute Gasteiger partial charge is 0.364 e. The van der Waals surface area contributed by atoms with E-state index in [1.165, 1.54) is 18.1 Å². The number of hydrogen-bond donors (Lipinski definition) is 1. The number of nitrogens with zero attached hydrogens (tertiary/aromatic N) is 4. The van der Waals surface area contributed by atoms with Gasteiger partial charge in [0.2, 0.25) is 0 Å². The Hall–Kier alpha value is -1.77. The van der Waals surface area contributed by atoms with E-state index in [0.717, 1.165) is 5.69 Å². The zero-order valence-electron chi connectivity index (χ0n) is 12.6. The van der Waals surface area contributed by atoms with Crippen molar-refractivity contribution in [2.24, 2.45) is 4.99 Å². The van der Waals surface area contributed by atoms with E-state index in [4.69, 9.17) is 4.52 Å². The predicted molar refractivity (Wildman–Crippen MR) is 75.4 cm³/mol. The molecule has 0 amide bonds. The maximum atomic E-state index is 12.7. The van der Waals surface area contributed by atoms with Gasteiger partial charge in [-0.25, -0.2) is 0 Å². The van der Waals surface area contributed by atoms with Gasteiger partial charge in [0.25, 0.3) is 0 Å². The summed E-state index contributed by atoms with van der Waals surface area (Å²) in [5.74, 6) is 0.655. The number of alkyl halides is 3. The number of aromatic nitrogens is 1. The lowest BCUT2D eigenvalue weighted by molar-refractivity contribution is -0.181. The molecule has 1 N–H and O–H groups in total. The second kappa shape index (κ2) is 6.99. The van der Waals surface area contributed by atoms with E-state index >= 15 is 0 Å². The minimum absolute atomic E-state index is 0.353. The molecule has 1 unspecified atom stereocenters. The molecule has 9 heteroatoms. The number of aliphatic imine (C=N–C) groups is 1. The molecular formula is C13H20F3N5O. The van der Waals surface area contributed by atoms with Crippen LogP contribution in [0.15, 0.2) is 21.8 Å². The fourth-order valence-electron chi connectivity index (χ4n) is 2.36. The molecule has 0 radical (unpaired) electrons. The van der Waals surface area contributed by atoms with Crippen LogP contribution < -0.4 is 5.32 Å². The van der Waals surface area contributed by atoms with E-state index in [9.17, 15) is 13.2 Å². The zero-order valence-corrected chi connectivity index (χ0v) is 12.6. The summed E-state index contributed by atoms with van der Waals surface area (Å²) >= 11 is 0. The molecule has 1 fully saturated rings. The van der Waals surface area contributed by atoms with Crippen molar-refractivity contribution in [3.8, 4) is 0 Å². The van der Waals surface area contributed by atoms with E-state index in [2.05, 4.69) is 15.5 Å². The number of nitrogens with one attached hydrogen (secondary N) is 1. The maximum Gasteiger partial charge on any atom is 0.403 e. The first-order chi connectivity index (χ1) is 10.4. The number of piperazine rings is 1. The highest BCUT2D eigenvalue weighted by atomic mass is 19.4. The fraction of sp³-hybridized carbons (Fsp3) is 0.692. The Bertz CT molecular complexity index is 480. The van der Waals surface area contributed by atoms with E-state index in [0.29, 0.717) is 38.7 Å². The number of hydrogen-bond acceptors (Lipinski definition) is 4. The Kier molecular flexibility index (Phi) is 5.28. The summed E-state index contributed by atoms with van der Waals surface area (Å²) in [4.78, 5) is 7.55. The molecule has 0 aromatic carbocycles. The van der Waals surface area contributed by atoms with Crippen LogP contribution in [0.2, 0.25) is 0 Å². The van der Waals surface area contributed by atoms with Crippen LogP contribution in [0.5, 0.6) is 0 Å². The Morgan fingerprint density at radius 3 is 2.59 bits per heavy atom. The van der Waals surface area contributed by atoms with Gasteiger partial charge in [0.1, 0.15) is 18.0 Å². The van der Waals surface area contributed by atoms with E-state index in [1.54, 1.807) is 13.1 Å². The van der Waals surface area contributed by atoms with Crippen LogP contribution in [-0.4, -0.2) is 66.4 Å². The van der Waals surface area contributed by atoms with Crippen LogP contribution in [0, 0.1) is 0 Å². The molecule has 0 bridgehead atoms. The van der Waals surface area contributed by atoms with Crippen molar-refractivity contribution in [2.75, 3.05) is 33.2 Å². The van der Waals surface area contributed by atoms with Gasteiger partial charge in [-0.3, -0.25) is 9.89 Å². The van der Waals surface area contributed by atoms with Gasteiger partial charge in [-0.05, 0) is 6.92 Å². The van der Waals surface area contributed by atoms with Crippen molar-refractivity contribution in [1.29, 1.82) is 0 Å². The third kappa shape index (κ3) is 4.12. The van der Waals surface area contributed by atoms with Gasteiger partial charge in [0.15, 0.2) is 5.96 Å². The Morgan fingerprint density at radius 1 is 1.41 bits per heavy atom. The standard InChI is InChI=1S/C13H20F3N5O/c1-10(13(14,15)16)20-4-6-21(7-5-20)12(17-2)18-9-11-3-8-22-19-11/h3,8,10H,4-7,9H2,1-2H3,(H,17,18). The van der Waals surface area contributed by atoms with Crippen molar-refractivity contribution < 1.29 is 17.7 Å². The van der Waals surface area contributed by atoms with Gasteiger partial charge in [-0.2, -0.15) is 13.2 Å². The van der Waals surface area contributed by atoms with Gasteiger partial charge in [-0.15, -0.1) is 0 Å². The molecule has 1 atom stereocenters. The summed E-state index contributed by atoms with van der Waals surface area (Å²) in [6.45, 7) is 3.37. The molecule has 1 aliphatic heterocycles. The van der Waals surface area contributed by atoms with Crippen molar-refractivity contribution >= 4 is 5.96 Å². The summed E-state index contributed by atoms with van der Waals surface area (Å²) < 4.78 is 42.9. The number of halogens is 3. The zero-order chi connectivity index (χ0) is 16.2. The molecular weight excluding hydrogens is 299 g/mol. The normalized spacial score (nSPS) is 19.3. The third-order valence-electron chi connectivity index (χ3n) is 3.77. The average molecular weight is 319 g/mol. The van der Waals surface area contributed by atoms with Gasteiger partial charge in [-0.1, -0.05) is 5.16 Å². The average Bonchev–Trinajstić information content (AvgIpc) is 3.00. The second-order valence-corrected chi connectivity index (χ2v) is 5.13. The molecule has 1 saturated heterocycles. The van der Waals surface area contributed by atoms with E-state index in [-0.39, 0.29) is 0 Å². The van der Waals surface area contributed by atoms with Crippen LogP contribution in [0.3, 0.4) is 0 Å². The highest BCUT2D eigenvalue weighted by Crippen LogP contribution is 2.25. The Morgan fingerprint density at radius 2 is 2.09 bits per heavy atom. The van der Waals surface area contributed by atoms with Gasteiger partial charge in [0, 0.05) is 39.3 Å². The van der Waals surface area contributed by atoms with Gasteiger partial charge < -0.3 is 14.7 Å². The van der Waals surface area contributed by atoms with Crippen molar-refractivity contribution in [3.05, 3.63) is 18.0 Å². The maximum absolute atomic E-state index is 12.7. The first kappa shape index (κ1) is 16.6. The van der Waals surface area contributed by atoms with Gasteiger partial charge in [0.05, 0.1) is 6.54 Å². The van der Waals surface area contributed by atoms with Crippen LogP contribution >= 0.6 is 0 Å². The molecule has 2 heterocycles. The van der Waals surface area contributed by atoms with Gasteiger partial charge >= 0.3 is 6.18 Å². The van der Waals surface area contributed by atoms with Crippen LogP contribution in [0.1, 0.15) is 12.6 Å². The fourth-order valence-corrected chi connectivity index (χ4v) is 2.36. The van der Waals surface area contributed by atoms with E-state index in [1.807, 2.05) is 4.90 Å². The number of rotatable bonds is 3. The molecule has 0 spiro atoms. The van der Waals surface area contributed by atoms with E-state index < -0.39 is 12.2 Å². The molecule has 2 rings (SSSR count). The first-order valence-corrected chi connectivity index (χ1v) is 7.07. The van der Waals surface area contributed by atoms with Crippen molar-refractivity contribution in [2.45, 2.75) is 25.7 Å². The molecule has 1 aromatic rings. The number of guanidine groups is 1. The molecule has 6 nitrogen and oxygen atoms in total. The summed E-state index contributed by atoms with van der Waals surface area (Å²) in [5, 5.41) is 6.91. The SMILES string of the molecule is CN=C(NCc1ccon1)N1CCN(C(C)C(F)(F)F)CC1. The summed E-state index contributed by atoms with van der Waals surface area (Å²) in [5.41, 5.74) is 0.741. The van der Waals surface area contributed by atoms with Crippen molar-refractivity contribution in [3.63, 3.8) is 0 Å². The predicted octanol–water partition coefficient (Wildman–Crippen LogP) is 1.32. The van der Waals surface area contributed by atoms with Crippen LogP contribution in [0.25, 0.3) is 0 Å². The lowest BCUT2D eigenvalue weighted by atomic mass is 10.2. The minimum atomic E-state index is -4.19. The molecule has 124 valence electrons. The first-order valence-electron chi connectivity index (χ1n) is 7.07. The highest BCUT2D eigenvalue weighted by Gasteiger charge is 2.41. The van der Waals surface area contributed by atoms with Crippen molar-refractivity contribution in [1.82, 2.24) is 20.3 Å². The monoisotopic (exact) mass is 319 g/mol. The Labute approximate surface area is 127 Å². The lowest BCUT2D eigenvalue weighted by Gasteiger charge is -2.39. The largest absolute Gasteiger partial charge is 0.403 e. The molecule has 0 aliphatic carbocycles. The second-order valence-electron chi connectivity index (χ2n) is 5.13. The third-order valence-corrected chi connectivity index (χ3v) is 3.77. The minimum Gasteiger partial charge on any atom is -0.364 e. The summed E-state index contributed by atoms with van der Waals surface area (Å²) in [6.07, 6.45) is -2.70. The topological polar surface area (TPSA) is 56.9 Å². The quantitative estimate of drug-likeness (QED) is 0.673. The van der Waals surface area contributed by atoms with Crippen LogP contribution in [0.4, 0.5) is 13.2 Å². The highest BCUT2D eigenvalue weighted by molar-refractivity contribution is 5.79. The van der Waals surface area contributed by atoms with Crippen LogP contribution in [-0.2, 0) is 6.54 Å². The Balaban J connectivity index is 1.84. The molecule has 0 saturated carbocycles. The summed E-state index contributed by atoms with van der Waals surface area (Å²) in [7, 11) is 1.65. The summed E-state index contributed by atoms with van der Waals surface area (Å²) in [6, 6.07) is 0.322. The lowest BCUT2D eigenvalue weighted by Crippen LogP contribution is -2.56. The molecule has 1 aliphatic rings. The molecule has 22 heavy (non-hydrogen) atoms. The molecule has 1 aromatic heterocycles.